The number of aryl methyl sites for hydroxylation is 1. The number of nitrogens with zero attached hydrogens (tertiary/aromatic N) is 5. The first-order valence-corrected chi connectivity index (χ1v) is 12.3. The van der Waals surface area contributed by atoms with Crippen LogP contribution >= 0.6 is 11.3 Å². The lowest BCUT2D eigenvalue weighted by Crippen LogP contribution is -2.43. The SMILES string of the molecule is C=CC(=O)N1CCC[C@H](Cc2cc(CN3CCN(C)CC3)cc(Nc3ncc(C)s3)n2)C1. The normalized spacial score (nSPS) is 20.3. The van der Waals surface area contributed by atoms with E-state index in [1.54, 1.807) is 11.3 Å². The molecule has 7 nitrogen and oxygen atoms in total. The third-order valence-electron chi connectivity index (χ3n) is 6.30. The third-order valence-corrected chi connectivity index (χ3v) is 7.13. The Morgan fingerprint density at radius 3 is 2.81 bits per heavy atom. The van der Waals surface area contributed by atoms with Crippen LogP contribution in [0.2, 0.25) is 0 Å². The summed E-state index contributed by atoms with van der Waals surface area (Å²) < 4.78 is 0. The Labute approximate surface area is 195 Å². The molecule has 2 aliphatic heterocycles. The van der Waals surface area contributed by atoms with Gasteiger partial charge in [-0.05, 0) is 62.9 Å². The molecule has 0 bridgehead atoms. The Balaban J connectivity index is 1.51. The van der Waals surface area contributed by atoms with E-state index in [0.717, 1.165) is 81.7 Å². The molecule has 0 aromatic carbocycles. The van der Waals surface area contributed by atoms with Gasteiger partial charge in [0.2, 0.25) is 5.91 Å². The number of thiazole rings is 1. The van der Waals surface area contributed by atoms with Gasteiger partial charge >= 0.3 is 0 Å². The number of likely N-dealkylation sites (N-methyl/N-ethyl adjacent to an activating group) is 1. The summed E-state index contributed by atoms with van der Waals surface area (Å²) in [4.78, 5) is 29.5. The maximum Gasteiger partial charge on any atom is 0.245 e. The quantitative estimate of drug-likeness (QED) is 0.648. The number of likely N-dealkylation sites (tertiary alicyclic amines) is 1. The van der Waals surface area contributed by atoms with E-state index in [2.05, 4.69) is 52.8 Å². The van der Waals surface area contributed by atoms with Crippen molar-refractivity contribution in [3.8, 4) is 0 Å². The number of carbonyl (C=O) groups excluding carboxylic acids is 1. The fraction of sp³-hybridized carbons (Fsp3) is 0.542. The molecule has 0 saturated carbocycles. The van der Waals surface area contributed by atoms with Gasteiger partial charge in [0.05, 0.1) is 0 Å². The van der Waals surface area contributed by atoms with Gasteiger partial charge in [-0.3, -0.25) is 9.69 Å². The highest BCUT2D eigenvalue weighted by atomic mass is 32.1. The van der Waals surface area contributed by atoms with E-state index in [1.807, 2.05) is 11.1 Å². The molecular formula is C24H34N6OS. The number of piperidine rings is 1. The van der Waals surface area contributed by atoms with Crippen molar-refractivity contribution in [1.29, 1.82) is 0 Å². The largest absolute Gasteiger partial charge is 0.339 e. The van der Waals surface area contributed by atoms with Crippen molar-refractivity contribution in [1.82, 2.24) is 24.7 Å². The second-order valence-corrected chi connectivity index (χ2v) is 10.3. The molecule has 8 heteroatoms. The van der Waals surface area contributed by atoms with E-state index in [9.17, 15) is 4.79 Å². The summed E-state index contributed by atoms with van der Waals surface area (Å²) in [5, 5.41) is 4.29. The predicted octanol–water partition coefficient (Wildman–Crippen LogP) is 3.30. The maximum atomic E-state index is 12.1. The second-order valence-electron chi connectivity index (χ2n) is 9.03. The number of hydrogen-bond acceptors (Lipinski definition) is 7. The number of amides is 1. The van der Waals surface area contributed by atoms with Crippen molar-refractivity contribution in [2.45, 2.75) is 32.7 Å². The number of hydrogen-bond donors (Lipinski definition) is 1. The van der Waals surface area contributed by atoms with Gasteiger partial charge in [0.25, 0.3) is 0 Å². The molecule has 2 fully saturated rings. The summed E-state index contributed by atoms with van der Waals surface area (Å²) in [6, 6.07) is 4.41. The summed E-state index contributed by atoms with van der Waals surface area (Å²) in [5.74, 6) is 1.32. The molecule has 0 radical (unpaired) electrons. The molecule has 0 spiro atoms. The zero-order valence-electron chi connectivity index (χ0n) is 19.2. The number of aromatic nitrogens is 2. The summed E-state index contributed by atoms with van der Waals surface area (Å²) in [7, 11) is 2.19. The number of pyridine rings is 1. The average Bonchev–Trinajstić information content (AvgIpc) is 3.19. The van der Waals surface area contributed by atoms with Crippen molar-refractivity contribution >= 4 is 28.2 Å². The Bertz CT molecular complexity index is 936. The van der Waals surface area contributed by atoms with Gasteiger partial charge in [-0.2, -0.15) is 0 Å². The lowest BCUT2D eigenvalue weighted by Gasteiger charge is -2.33. The van der Waals surface area contributed by atoms with E-state index in [0.29, 0.717) is 5.92 Å². The first-order valence-electron chi connectivity index (χ1n) is 11.5. The minimum Gasteiger partial charge on any atom is -0.339 e. The van der Waals surface area contributed by atoms with Gasteiger partial charge in [0.15, 0.2) is 5.13 Å². The van der Waals surface area contributed by atoms with Gasteiger partial charge in [0.1, 0.15) is 5.82 Å². The second kappa shape index (κ2) is 10.6. The van der Waals surface area contributed by atoms with Crippen LogP contribution in [0.3, 0.4) is 0 Å². The highest BCUT2D eigenvalue weighted by molar-refractivity contribution is 7.15. The highest BCUT2D eigenvalue weighted by Gasteiger charge is 2.23. The molecule has 4 heterocycles. The summed E-state index contributed by atoms with van der Waals surface area (Å²) in [6.45, 7) is 12.6. The lowest BCUT2D eigenvalue weighted by molar-refractivity contribution is -0.127. The standard InChI is InChI=1S/C24H34N6OS/c1-4-23(31)30-7-5-6-19(17-30)12-21-13-20(16-29-10-8-28(3)9-11-29)14-22(26-21)27-24-25-15-18(2)32-24/h4,13-15,19H,1,5-12,16-17H2,2-3H3,(H,25,26,27)/t19-/m1/s1. The fourth-order valence-corrected chi connectivity index (χ4v) is 5.22. The van der Waals surface area contributed by atoms with Gasteiger partial charge in [-0.15, -0.1) is 11.3 Å². The third kappa shape index (κ3) is 6.15. The highest BCUT2D eigenvalue weighted by Crippen LogP contribution is 2.25. The predicted molar refractivity (Wildman–Crippen MR) is 130 cm³/mol. The van der Waals surface area contributed by atoms with Crippen molar-refractivity contribution in [3.05, 3.63) is 47.1 Å². The van der Waals surface area contributed by atoms with Crippen LogP contribution in [-0.2, 0) is 17.8 Å². The first-order chi connectivity index (χ1) is 15.5. The first kappa shape index (κ1) is 22.9. The summed E-state index contributed by atoms with van der Waals surface area (Å²) in [6.07, 6.45) is 6.35. The van der Waals surface area contributed by atoms with E-state index in [1.165, 1.54) is 16.5 Å². The molecule has 2 aliphatic rings. The number of anilines is 2. The molecule has 2 aromatic heterocycles. The van der Waals surface area contributed by atoms with Gasteiger partial charge < -0.3 is 15.1 Å². The monoisotopic (exact) mass is 454 g/mol. The van der Waals surface area contributed by atoms with Crippen LogP contribution in [-0.4, -0.2) is 76.9 Å². The molecule has 0 unspecified atom stereocenters. The molecule has 0 aliphatic carbocycles. The molecular weight excluding hydrogens is 420 g/mol. The summed E-state index contributed by atoms with van der Waals surface area (Å²) in [5.41, 5.74) is 2.37. The van der Waals surface area contributed by atoms with Crippen LogP contribution in [0.5, 0.6) is 0 Å². The number of carbonyl (C=O) groups is 1. The van der Waals surface area contributed by atoms with Crippen molar-refractivity contribution in [2.75, 3.05) is 51.6 Å². The van der Waals surface area contributed by atoms with Crippen molar-refractivity contribution in [3.63, 3.8) is 0 Å². The molecule has 1 atom stereocenters. The Hall–Kier alpha value is -2.29. The van der Waals surface area contributed by atoms with E-state index >= 15 is 0 Å². The molecule has 2 aromatic rings. The molecule has 4 rings (SSSR count). The minimum atomic E-state index is 0.0352. The number of rotatable bonds is 7. The van der Waals surface area contributed by atoms with E-state index < -0.39 is 0 Å². The van der Waals surface area contributed by atoms with Gasteiger partial charge in [-0.25, -0.2) is 9.97 Å². The van der Waals surface area contributed by atoms with Crippen LogP contribution in [0.4, 0.5) is 10.9 Å². The van der Waals surface area contributed by atoms with Crippen LogP contribution in [0.15, 0.2) is 31.0 Å². The fourth-order valence-electron chi connectivity index (χ4n) is 4.55. The van der Waals surface area contributed by atoms with Crippen LogP contribution < -0.4 is 5.32 Å². The average molecular weight is 455 g/mol. The molecule has 2 saturated heterocycles. The zero-order valence-corrected chi connectivity index (χ0v) is 20.0. The molecule has 32 heavy (non-hydrogen) atoms. The Kier molecular flexibility index (Phi) is 7.55. The molecule has 172 valence electrons. The minimum absolute atomic E-state index is 0.0352. The molecule has 1 N–H and O–H groups in total. The van der Waals surface area contributed by atoms with Crippen LogP contribution in [0.1, 0.15) is 29.0 Å². The smallest absolute Gasteiger partial charge is 0.245 e. The Morgan fingerprint density at radius 1 is 1.28 bits per heavy atom. The van der Waals surface area contributed by atoms with E-state index in [4.69, 9.17) is 4.98 Å². The van der Waals surface area contributed by atoms with Crippen molar-refractivity contribution < 1.29 is 4.79 Å². The van der Waals surface area contributed by atoms with Crippen LogP contribution in [0.25, 0.3) is 0 Å². The van der Waals surface area contributed by atoms with E-state index in [-0.39, 0.29) is 5.91 Å². The van der Waals surface area contributed by atoms with Crippen molar-refractivity contribution in [2.24, 2.45) is 5.92 Å². The van der Waals surface area contributed by atoms with Gasteiger partial charge in [-0.1, -0.05) is 6.58 Å². The van der Waals surface area contributed by atoms with Gasteiger partial charge in [0, 0.05) is 62.6 Å². The lowest BCUT2D eigenvalue weighted by atomic mass is 9.92. The zero-order chi connectivity index (χ0) is 22.5. The topological polar surface area (TPSA) is 64.6 Å². The Morgan fingerprint density at radius 2 is 2.09 bits per heavy atom. The van der Waals surface area contributed by atoms with Crippen LogP contribution in [0, 0.1) is 12.8 Å². The maximum absolute atomic E-state index is 12.1. The summed E-state index contributed by atoms with van der Waals surface area (Å²) >= 11 is 1.64. The number of nitrogens with one attached hydrogen (secondary N) is 1. The molecule has 1 amide bonds. The number of piperazine rings is 1.